The van der Waals surface area contributed by atoms with Crippen LogP contribution in [-0.2, 0) is 15.0 Å². The Hall–Kier alpha value is -1.54. The molecule has 1 fully saturated rings. The minimum atomic E-state index is -4.71. The highest BCUT2D eigenvalue weighted by Crippen LogP contribution is 2.34. The Kier molecular flexibility index (Phi) is 3.25. The maximum Gasteiger partial charge on any atom is 0.307 e. The third-order valence-corrected chi connectivity index (χ3v) is 5.86. The Labute approximate surface area is 125 Å². The molecule has 8 heteroatoms. The molecule has 5 nitrogen and oxygen atoms in total. The molecule has 0 spiro atoms. The third kappa shape index (κ3) is 2.53. The highest BCUT2D eigenvalue weighted by atomic mass is 32.3. The Bertz CT molecular complexity index is 805. The van der Waals surface area contributed by atoms with E-state index in [1.807, 2.05) is 26.0 Å². The number of fused-ring (bicyclic) bond motifs is 1. The number of halogens is 1. The minimum Gasteiger partial charge on any atom is -0.287 e. The Balaban J connectivity index is 1.99. The van der Waals surface area contributed by atoms with Crippen LogP contribution in [0.2, 0.25) is 0 Å². The molecule has 3 rings (SSSR count). The van der Waals surface area contributed by atoms with Crippen molar-refractivity contribution in [2.24, 2.45) is 0 Å². The Morgan fingerprint density at radius 2 is 2.00 bits per heavy atom. The molecule has 112 valence electrons. The van der Waals surface area contributed by atoms with E-state index >= 15 is 0 Å². The number of carbonyl (C=O) groups is 1. The van der Waals surface area contributed by atoms with Gasteiger partial charge in [-0.05, 0) is 37.1 Å². The molecule has 1 aromatic carbocycles. The average molecular weight is 328 g/mol. The van der Waals surface area contributed by atoms with Crippen molar-refractivity contribution in [3.05, 3.63) is 23.3 Å². The molecule has 0 N–H and O–H groups in total. The third-order valence-electron chi connectivity index (χ3n) is 3.71. The molecule has 1 unspecified atom stereocenters. The van der Waals surface area contributed by atoms with Gasteiger partial charge in [0, 0.05) is 13.0 Å². The van der Waals surface area contributed by atoms with Crippen molar-refractivity contribution in [2.75, 3.05) is 11.4 Å². The molecule has 0 bridgehead atoms. The van der Waals surface area contributed by atoms with Gasteiger partial charge in [-0.25, -0.2) is 4.98 Å². The summed E-state index contributed by atoms with van der Waals surface area (Å²) in [6, 6.07) is 3.91. The molecular weight excluding hydrogens is 315 g/mol. The van der Waals surface area contributed by atoms with Crippen LogP contribution in [0.4, 0.5) is 9.02 Å². The summed E-state index contributed by atoms with van der Waals surface area (Å²) in [5, 5.41) is -0.869. The van der Waals surface area contributed by atoms with Crippen LogP contribution >= 0.6 is 11.3 Å². The molecule has 2 aromatic rings. The number of aryl methyl sites for hydroxylation is 2. The zero-order valence-corrected chi connectivity index (χ0v) is 13.1. The number of anilines is 1. The van der Waals surface area contributed by atoms with Crippen LogP contribution in [0.1, 0.15) is 17.5 Å². The van der Waals surface area contributed by atoms with E-state index in [4.69, 9.17) is 0 Å². The molecule has 1 saturated heterocycles. The fraction of sp³-hybridized carbons (Fsp3) is 0.385. The summed E-state index contributed by atoms with van der Waals surface area (Å²) in [5.41, 5.74) is 2.98. The number of carbonyl (C=O) groups excluding carboxylic acids is 1. The largest absolute Gasteiger partial charge is 0.307 e. The lowest BCUT2D eigenvalue weighted by Gasteiger charge is -2.11. The molecule has 0 saturated carbocycles. The summed E-state index contributed by atoms with van der Waals surface area (Å²) in [7, 11) is -4.71. The van der Waals surface area contributed by atoms with Gasteiger partial charge in [0.1, 0.15) is 5.25 Å². The molecule has 1 atom stereocenters. The van der Waals surface area contributed by atoms with E-state index in [-0.39, 0.29) is 13.0 Å². The first-order chi connectivity index (χ1) is 9.75. The lowest BCUT2D eigenvalue weighted by Crippen LogP contribution is -2.26. The van der Waals surface area contributed by atoms with Crippen LogP contribution in [0.3, 0.4) is 0 Å². The first kappa shape index (κ1) is 14.4. The van der Waals surface area contributed by atoms with Gasteiger partial charge in [0.15, 0.2) is 5.13 Å². The van der Waals surface area contributed by atoms with E-state index in [1.165, 1.54) is 16.2 Å². The van der Waals surface area contributed by atoms with Crippen LogP contribution in [0, 0.1) is 13.8 Å². The van der Waals surface area contributed by atoms with Crippen molar-refractivity contribution >= 4 is 42.8 Å². The van der Waals surface area contributed by atoms with E-state index in [2.05, 4.69) is 4.98 Å². The van der Waals surface area contributed by atoms with Crippen molar-refractivity contribution in [1.29, 1.82) is 0 Å². The standard InChI is InChI=1S/C13H13FN2O3S2/c1-7-3-10-11(4-8(7)2)20-13(15-10)16-6-9(5-12(16)17)21(14,18)19/h3-4,9H,5-6H2,1-2H3. The molecule has 0 aliphatic carbocycles. The van der Waals surface area contributed by atoms with Crippen LogP contribution in [0.15, 0.2) is 12.1 Å². The predicted octanol–water partition coefficient (Wildman–Crippen LogP) is 2.32. The molecule has 1 aliphatic heterocycles. The highest BCUT2D eigenvalue weighted by Gasteiger charge is 2.40. The van der Waals surface area contributed by atoms with Crippen molar-refractivity contribution in [2.45, 2.75) is 25.5 Å². The van der Waals surface area contributed by atoms with E-state index in [9.17, 15) is 17.1 Å². The van der Waals surface area contributed by atoms with Crippen molar-refractivity contribution < 1.29 is 17.1 Å². The monoisotopic (exact) mass is 328 g/mol. The number of thiazole rings is 1. The van der Waals surface area contributed by atoms with Crippen molar-refractivity contribution in [3.63, 3.8) is 0 Å². The van der Waals surface area contributed by atoms with Crippen molar-refractivity contribution in [1.82, 2.24) is 4.98 Å². The van der Waals surface area contributed by atoms with Crippen LogP contribution in [0.25, 0.3) is 10.2 Å². The molecule has 1 aromatic heterocycles. The van der Waals surface area contributed by atoms with E-state index in [0.29, 0.717) is 5.13 Å². The Morgan fingerprint density at radius 3 is 2.62 bits per heavy atom. The van der Waals surface area contributed by atoms with E-state index in [0.717, 1.165) is 21.3 Å². The second-order valence-electron chi connectivity index (χ2n) is 5.21. The van der Waals surface area contributed by atoms with Gasteiger partial charge in [-0.2, -0.15) is 8.42 Å². The smallest absolute Gasteiger partial charge is 0.287 e. The van der Waals surface area contributed by atoms with E-state index < -0.39 is 21.4 Å². The van der Waals surface area contributed by atoms with Gasteiger partial charge in [-0.1, -0.05) is 11.3 Å². The first-order valence-corrected chi connectivity index (χ1v) is 8.63. The molecule has 1 amide bonds. The quantitative estimate of drug-likeness (QED) is 0.794. The van der Waals surface area contributed by atoms with Gasteiger partial charge in [-0.15, -0.1) is 3.89 Å². The number of hydrogen-bond acceptors (Lipinski definition) is 5. The van der Waals surface area contributed by atoms with Gasteiger partial charge in [0.25, 0.3) is 0 Å². The Morgan fingerprint density at radius 1 is 1.33 bits per heavy atom. The van der Waals surface area contributed by atoms with Gasteiger partial charge >= 0.3 is 10.2 Å². The fourth-order valence-corrected chi connectivity index (χ4v) is 4.07. The number of hydrogen-bond donors (Lipinski definition) is 0. The lowest BCUT2D eigenvalue weighted by molar-refractivity contribution is -0.117. The second-order valence-corrected chi connectivity index (χ2v) is 7.83. The number of amides is 1. The molecule has 2 heterocycles. The molecule has 1 aliphatic rings. The summed E-state index contributed by atoms with van der Waals surface area (Å²) < 4.78 is 35.9. The molecule has 0 radical (unpaired) electrons. The maximum absolute atomic E-state index is 13.0. The maximum atomic E-state index is 13.0. The average Bonchev–Trinajstić information content (AvgIpc) is 2.92. The molecular formula is C13H13FN2O3S2. The van der Waals surface area contributed by atoms with Crippen LogP contribution < -0.4 is 4.90 Å². The first-order valence-electron chi connectivity index (χ1n) is 6.37. The number of benzene rings is 1. The summed E-state index contributed by atoms with van der Waals surface area (Å²) >= 11 is 1.31. The SMILES string of the molecule is Cc1cc2nc(N3CC(S(=O)(=O)F)CC3=O)sc2cc1C. The normalized spacial score (nSPS) is 19.7. The summed E-state index contributed by atoms with van der Waals surface area (Å²) in [6.07, 6.45) is -0.327. The number of aromatic nitrogens is 1. The zero-order chi connectivity index (χ0) is 15.4. The number of rotatable bonds is 2. The number of nitrogens with zero attached hydrogens (tertiary/aromatic N) is 2. The second kappa shape index (κ2) is 4.74. The molecule has 21 heavy (non-hydrogen) atoms. The predicted molar refractivity (Wildman–Crippen MR) is 79.9 cm³/mol. The summed E-state index contributed by atoms with van der Waals surface area (Å²) in [5.74, 6) is -0.409. The van der Waals surface area contributed by atoms with Gasteiger partial charge in [0.2, 0.25) is 5.91 Å². The van der Waals surface area contributed by atoms with E-state index in [1.54, 1.807) is 0 Å². The zero-order valence-electron chi connectivity index (χ0n) is 11.5. The summed E-state index contributed by atoms with van der Waals surface area (Å²) in [6.45, 7) is 3.79. The van der Waals surface area contributed by atoms with Crippen LogP contribution in [0.5, 0.6) is 0 Å². The van der Waals surface area contributed by atoms with Crippen molar-refractivity contribution in [3.8, 4) is 0 Å². The topological polar surface area (TPSA) is 67.3 Å². The lowest BCUT2D eigenvalue weighted by atomic mass is 10.1. The van der Waals surface area contributed by atoms with Gasteiger partial charge < -0.3 is 0 Å². The van der Waals surface area contributed by atoms with Gasteiger partial charge in [0.05, 0.1) is 10.2 Å². The van der Waals surface area contributed by atoms with Gasteiger partial charge in [-0.3, -0.25) is 9.69 Å². The van der Waals surface area contributed by atoms with Crippen LogP contribution in [-0.4, -0.2) is 31.1 Å². The fourth-order valence-electron chi connectivity index (χ4n) is 2.33. The minimum absolute atomic E-state index is 0.171. The summed E-state index contributed by atoms with van der Waals surface area (Å²) in [4.78, 5) is 17.5. The highest BCUT2D eigenvalue weighted by molar-refractivity contribution is 7.87.